The first-order valence-corrected chi connectivity index (χ1v) is 9.35. The highest BCUT2D eigenvalue weighted by Gasteiger charge is 2.10. The van der Waals surface area contributed by atoms with Crippen molar-refractivity contribution in [3.63, 3.8) is 0 Å². The highest BCUT2D eigenvalue weighted by molar-refractivity contribution is 5.93. The largest absolute Gasteiger partial charge is 0.496 e. The number of ether oxygens (including phenoxy) is 1. The Morgan fingerprint density at radius 3 is 2.61 bits per heavy atom. The van der Waals surface area contributed by atoms with E-state index in [0.717, 1.165) is 17.0 Å². The molecule has 0 aliphatic carbocycles. The Kier molecular flexibility index (Phi) is 6.63. The summed E-state index contributed by atoms with van der Waals surface area (Å²) in [6, 6.07) is 21.8. The molecule has 5 heteroatoms. The topological polar surface area (TPSA) is 63.2 Å². The number of carbonyl (C=O) groups excluding carboxylic acids is 1. The fourth-order valence-corrected chi connectivity index (χ4v) is 3.03. The minimum absolute atomic E-state index is 0.130. The van der Waals surface area contributed by atoms with Crippen LogP contribution in [0.5, 0.6) is 5.75 Å². The average molecular weight is 375 g/mol. The molecular weight excluding hydrogens is 350 g/mol. The zero-order chi connectivity index (χ0) is 19.8. The molecule has 0 aliphatic rings. The van der Waals surface area contributed by atoms with Crippen molar-refractivity contribution >= 4 is 11.6 Å². The van der Waals surface area contributed by atoms with Gasteiger partial charge in [-0.1, -0.05) is 48.5 Å². The number of anilines is 1. The molecule has 28 heavy (non-hydrogen) atoms. The first-order valence-electron chi connectivity index (χ1n) is 9.35. The van der Waals surface area contributed by atoms with Crippen molar-refractivity contribution < 1.29 is 9.53 Å². The molecule has 3 rings (SSSR count). The monoisotopic (exact) mass is 375 g/mol. The van der Waals surface area contributed by atoms with Gasteiger partial charge in [0.25, 0.3) is 5.91 Å². The van der Waals surface area contributed by atoms with Crippen LogP contribution in [0.2, 0.25) is 0 Å². The number of pyridine rings is 1. The van der Waals surface area contributed by atoms with Crippen molar-refractivity contribution in [1.82, 2.24) is 10.3 Å². The normalized spacial score (nSPS) is 11.5. The van der Waals surface area contributed by atoms with E-state index in [1.807, 2.05) is 48.5 Å². The summed E-state index contributed by atoms with van der Waals surface area (Å²) in [7, 11) is 1.65. The van der Waals surface area contributed by atoms with Crippen LogP contribution in [0.25, 0.3) is 0 Å². The summed E-state index contributed by atoms with van der Waals surface area (Å²) in [5.41, 5.74) is 3.50. The lowest BCUT2D eigenvalue weighted by Crippen LogP contribution is -2.26. The molecule has 1 unspecified atom stereocenters. The summed E-state index contributed by atoms with van der Waals surface area (Å²) < 4.78 is 5.34. The summed E-state index contributed by atoms with van der Waals surface area (Å²) in [4.78, 5) is 16.7. The van der Waals surface area contributed by atoms with Gasteiger partial charge in [0.05, 0.1) is 7.11 Å². The molecule has 144 valence electrons. The van der Waals surface area contributed by atoms with Gasteiger partial charge in [-0.25, -0.2) is 0 Å². The molecule has 2 N–H and O–H groups in total. The van der Waals surface area contributed by atoms with Crippen molar-refractivity contribution in [3.8, 4) is 5.75 Å². The van der Waals surface area contributed by atoms with Crippen LogP contribution in [0, 0.1) is 0 Å². The van der Waals surface area contributed by atoms with Crippen LogP contribution in [0.3, 0.4) is 0 Å². The van der Waals surface area contributed by atoms with Gasteiger partial charge in [0.2, 0.25) is 0 Å². The lowest BCUT2D eigenvalue weighted by Gasteiger charge is -2.16. The molecule has 0 fully saturated rings. The minimum atomic E-state index is -0.189. The van der Waals surface area contributed by atoms with Crippen LogP contribution >= 0.6 is 0 Å². The zero-order valence-electron chi connectivity index (χ0n) is 16.2. The number of methoxy groups -OCH3 is 1. The lowest BCUT2D eigenvalue weighted by molar-refractivity contribution is 0.0949. The number of hydrogen-bond acceptors (Lipinski definition) is 4. The van der Waals surface area contributed by atoms with E-state index in [4.69, 9.17) is 4.74 Å². The Labute approximate surface area is 165 Å². The SMILES string of the molecule is COc1ccccc1CCNC(=O)c1cc(NC(C)c2ccccc2)ccn1. The average Bonchev–Trinajstić information content (AvgIpc) is 2.74. The summed E-state index contributed by atoms with van der Waals surface area (Å²) in [6.07, 6.45) is 2.34. The van der Waals surface area contributed by atoms with Gasteiger partial charge in [0.15, 0.2) is 0 Å². The van der Waals surface area contributed by atoms with Crippen molar-refractivity contribution in [2.45, 2.75) is 19.4 Å². The molecule has 1 aromatic heterocycles. The molecule has 0 bridgehead atoms. The number of aromatic nitrogens is 1. The molecular formula is C23H25N3O2. The molecule has 1 atom stereocenters. The van der Waals surface area contributed by atoms with Crippen molar-refractivity contribution in [1.29, 1.82) is 0 Å². The molecule has 0 saturated carbocycles. The lowest BCUT2D eigenvalue weighted by atomic mass is 10.1. The van der Waals surface area contributed by atoms with Gasteiger partial charge >= 0.3 is 0 Å². The summed E-state index contributed by atoms with van der Waals surface area (Å²) >= 11 is 0. The van der Waals surface area contributed by atoms with Gasteiger partial charge in [-0.15, -0.1) is 0 Å². The molecule has 3 aromatic rings. The fourth-order valence-electron chi connectivity index (χ4n) is 3.03. The summed E-state index contributed by atoms with van der Waals surface area (Å²) in [5.74, 6) is 0.641. The van der Waals surface area contributed by atoms with Crippen molar-refractivity contribution in [2.75, 3.05) is 19.0 Å². The molecule has 1 amide bonds. The Balaban J connectivity index is 1.58. The van der Waals surface area contributed by atoms with Crippen LogP contribution < -0.4 is 15.4 Å². The maximum Gasteiger partial charge on any atom is 0.269 e. The van der Waals surface area contributed by atoms with E-state index in [0.29, 0.717) is 18.7 Å². The van der Waals surface area contributed by atoms with E-state index in [-0.39, 0.29) is 11.9 Å². The Hall–Kier alpha value is -3.34. The quantitative estimate of drug-likeness (QED) is 0.618. The van der Waals surface area contributed by atoms with Gasteiger partial charge in [-0.05, 0) is 42.7 Å². The van der Waals surface area contributed by atoms with Gasteiger partial charge in [-0.3, -0.25) is 9.78 Å². The molecule has 5 nitrogen and oxygen atoms in total. The third-order valence-electron chi connectivity index (χ3n) is 4.55. The summed E-state index contributed by atoms with van der Waals surface area (Å²) in [5, 5.41) is 6.34. The fraction of sp³-hybridized carbons (Fsp3) is 0.217. The van der Waals surface area contributed by atoms with E-state index >= 15 is 0 Å². The maximum absolute atomic E-state index is 12.5. The highest BCUT2D eigenvalue weighted by Crippen LogP contribution is 2.19. The van der Waals surface area contributed by atoms with Gasteiger partial charge in [0, 0.05) is 24.5 Å². The number of para-hydroxylation sites is 1. The molecule has 0 radical (unpaired) electrons. The molecule has 0 aliphatic heterocycles. The third kappa shape index (κ3) is 5.10. The first kappa shape index (κ1) is 19.4. The number of rotatable bonds is 8. The van der Waals surface area contributed by atoms with Crippen molar-refractivity contribution in [3.05, 3.63) is 89.7 Å². The smallest absolute Gasteiger partial charge is 0.269 e. The second kappa shape index (κ2) is 9.55. The second-order valence-electron chi connectivity index (χ2n) is 6.52. The van der Waals surface area contributed by atoms with E-state index in [2.05, 4.69) is 34.7 Å². The number of nitrogens with zero attached hydrogens (tertiary/aromatic N) is 1. The molecule has 0 saturated heterocycles. The standard InChI is InChI=1S/C23H25N3O2/c1-17(18-8-4-3-5-9-18)26-20-13-15-24-21(16-20)23(27)25-14-12-19-10-6-7-11-22(19)28-2/h3-11,13,15-17H,12,14H2,1-2H3,(H,24,26)(H,25,27). The number of carbonyl (C=O) groups is 1. The predicted molar refractivity (Wildman–Crippen MR) is 112 cm³/mol. The van der Waals surface area contributed by atoms with Crippen LogP contribution in [0.15, 0.2) is 72.9 Å². The highest BCUT2D eigenvalue weighted by atomic mass is 16.5. The van der Waals surface area contributed by atoms with Crippen LogP contribution in [0.1, 0.15) is 34.6 Å². The van der Waals surface area contributed by atoms with Crippen LogP contribution in [-0.2, 0) is 6.42 Å². The molecule has 2 aromatic carbocycles. The third-order valence-corrected chi connectivity index (χ3v) is 4.55. The van der Waals surface area contributed by atoms with Gasteiger partial charge in [-0.2, -0.15) is 0 Å². The van der Waals surface area contributed by atoms with E-state index in [1.54, 1.807) is 19.4 Å². The Morgan fingerprint density at radius 1 is 1.07 bits per heavy atom. The van der Waals surface area contributed by atoms with Crippen LogP contribution in [-0.4, -0.2) is 24.5 Å². The first-order chi connectivity index (χ1) is 13.7. The van der Waals surface area contributed by atoms with E-state index in [9.17, 15) is 4.79 Å². The Bertz CT molecular complexity index is 912. The van der Waals surface area contributed by atoms with E-state index in [1.165, 1.54) is 5.56 Å². The predicted octanol–water partition coefficient (Wildman–Crippen LogP) is 4.24. The van der Waals surface area contributed by atoms with E-state index < -0.39 is 0 Å². The Morgan fingerprint density at radius 2 is 1.82 bits per heavy atom. The number of amides is 1. The molecule has 1 heterocycles. The van der Waals surface area contributed by atoms with Gasteiger partial charge in [0.1, 0.15) is 11.4 Å². The number of hydrogen-bond donors (Lipinski definition) is 2. The number of nitrogens with one attached hydrogen (secondary N) is 2. The maximum atomic E-state index is 12.5. The molecule has 0 spiro atoms. The zero-order valence-corrected chi connectivity index (χ0v) is 16.2. The van der Waals surface area contributed by atoms with Gasteiger partial charge < -0.3 is 15.4 Å². The minimum Gasteiger partial charge on any atom is -0.496 e. The van der Waals surface area contributed by atoms with Crippen LogP contribution in [0.4, 0.5) is 5.69 Å². The summed E-state index contributed by atoms with van der Waals surface area (Å²) in [6.45, 7) is 2.60. The number of benzene rings is 2. The van der Waals surface area contributed by atoms with Crippen molar-refractivity contribution in [2.24, 2.45) is 0 Å². The second-order valence-corrected chi connectivity index (χ2v) is 6.52.